The summed E-state index contributed by atoms with van der Waals surface area (Å²) in [6, 6.07) is 0. The van der Waals surface area contributed by atoms with Crippen molar-refractivity contribution in [3.8, 4) is 0 Å². The van der Waals surface area contributed by atoms with Crippen LogP contribution < -0.4 is 5.32 Å². The summed E-state index contributed by atoms with van der Waals surface area (Å²) in [4.78, 5) is 23.1. The molecule has 0 aromatic rings. The molecule has 102 valence electrons. The highest BCUT2D eigenvalue weighted by molar-refractivity contribution is 5.85. The molecular formula is C13H21NO4. The lowest BCUT2D eigenvalue weighted by Gasteiger charge is -2.25. The van der Waals surface area contributed by atoms with E-state index in [0.29, 0.717) is 18.9 Å². The minimum absolute atomic E-state index is 0.0864. The second-order valence-corrected chi connectivity index (χ2v) is 4.65. The zero-order chi connectivity index (χ0) is 13.5. The van der Waals surface area contributed by atoms with Gasteiger partial charge in [-0.25, -0.2) is 4.79 Å². The van der Waals surface area contributed by atoms with Crippen LogP contribution in [-0.2, 0) is 19.1 Å². The number of hydrogen-bond acceptors (Lipinski definition) is 4. The van der Waals surface area contributed by atoms with Gasteiger partial charge in [-0.15, -0.1) is 0 Å². The number of carbonyl (C=O) groups is 2. The SMILES string of the molecule is COC(=O)/C=C(\NC(=O)C(C)C)C1CCOCC1. The number of allylic oxidation sites excluding steroid dienone is 1. The summed E-state index contributed by atoms with van der Waals surface area (Å²) in [6.07, 6.45) is 2.98. The van der Waals surface area contributed by atoms with E-state index in [-0.39, 0.29) is 17.7 Å². The molecule has 1 N–H and O–H groups in total. The molecule has 0 saturated carbocycles. The van der Waals surface area contributed by atoms with E-state index in [9.17, 15) is 9.59 Å². The number of esters is 1. The Bertz CT molecular complexity index is 330. The van der Waals surface area contributed by atoms with Crippen molar-refractivity contribution in [2.75, 3.05) is 20.3 Å². The van der Waals surface area contributed by atoms with Gasteiger partial charge in [0.15, 0.2) is 0 Å². The van der Waals surface area contributed by atoms with Gasteiger partial charge in [0.25, 0.3) is 0 Å². The molecule has 0 bridgehead atoms. The molecule has 1 aliphatic rings. The Morgan fingerprint density at radius 3 is 2.44 bits per heavy atom. The fourth-order valence-electron chi connectivity index (χ4n) is 1.74. The highest BCUT2D eigenvalue weighted by Gasteiger charge is 2.21. The minimum atomic E-state index is -0.444. The van der Waals surface area contributed by atoms with Crippen molar-refractivity contribution in [3.05, 3.63) is 11.8 Å². The van der Waals surface area contributed by atoms with Gasteiger partial charge in [0, 0.05) is 36.8 Å². The van der Waals surface area contributed by atoms with Crippen LogP contribution in [0.1, 0.15) is 26.7 Å². The van der Waals surface area contributed by atoms with E-state index in [1.807, 2.05) is 13.8 Å². The van der Waals surface area contributed by atoms with Gasteiger partial charge < -0.3 is 14.8 Å². The zero-order valence-electron chi connectivity index (χ0n) is 11.2. The molecule has 1 heterocycles. The predicted octanol–water partition coefficient (Wildman–Crippen LogP) is 1.24. The highest BCUT2D eigenvalue weighted by atomic mass is 16.5. The second kappa shape index (κ2) is 7.16. The quantitative estimate of drug-likeness (QED) is 0.606. The first-order valence-electron chi connectivity index (χ1n) is 6.22. The molecule has 1 rings (SSSR count). The van der Waals surface area contributed by atoms with E-state index in [2.05, 4.69) is 10.1 Å². The number of nitrogens with one attached hydrogen (secondary N) is 1. The predicted molar refractivity (Wildman–Crippen MR) is 66.6 cm³/mol. The molecule has 1 amide bonds. The molecule has 0 aliphatic carbocycles. The lowest BCUT2D eigenvalue weighted by Crippen LogP contribution is -2.33. The van der Waals surface area contributed by atoms with E-state index in [0.717, 1.165) is 12.8 Å². The standard InChI is InChI=1S/C13H21NO4/c1-9(2)13(16)14-11(8-12(15)17-3)10-4-6-18-7-5-10/h8-10H,4-7H2,1-3H3,(H,14,16)/b11-8-. The number of carbonyl (C=O) groups excluding carboxylic acids is 2. The average molecular weight is 255 g/mol. The summed E-state index contributed by atoms with van der Waals surface area (Å²) in [5.74, 6) is -0.497. The minimum Gasteiger partial charge on any atom is -0.466 e. The van der Waals surface area contributed by atoms with Gasteiger partial charge in [-0.1, -0.05) is 13.8 Å². The van der Waals surface area contributed by atoms with Crippen LogP contribution in [0.3, 0.4) is 0 Å². The summed E-state index contributed by atoms with van der Waals surface area (Å²) in [5.41, 5.74) is 0.642. The van der Waals surface area contributed by atoms with Gasteiger partial charge in [-0.3, -0.25) is 4.79 Å². The fourth-order valence-corrected chi connectivity index (χ4v) is 1.74. The molecule has 0 aromatic heterocycles. The Hall–Kier alpha value is -1.36. The van der Waals surface area contributed by atoms with Gasteiger partial charge in [0.1, 0.15) is 0 Å². The molecular weight excluding hydrogens is 234 g/mol. The molecule has 0 aromatic carbocycles. The maximum Gasteiger partial charge on any atom is 0.332 e. The summed E-state index contributed by atoms with van der Waals surface area (Å²) >= 11 is 0. The first-order valence-corrected chi connectivity index (χ1v) is 6.22. The van der Waals surface area contributed by atoms with E-state index in [1.54, 1.807) is 0 Å². The van der Waals surface area contributed by atoms with Gasteiger partial charge in [-0.2, -0.15) is 0 Å². The van der Waals surface area contributed by atoms with Crippen LogP contribution in [0.15, 0.2) is 11.8 Å². The van der Waals surface area contributed by atoms with Crippen molar-refractivity contribution < 1.29 is 19.1 Å². The van der Waals surface area contributed by atoms with E-state index >= 15 is 0 Å². The van der Waals surface area contributed by atoms with E-state index in [4.69, 9.17) is 4.74 Å². The molecule has 18 heavy (non-hydrogen) atoms. The summed E-state index contributed by atoms with van der Waals surface area (Å²) in [7, 11) is 1.32. The topological polar surface area (TPSA) is 64.6 Å². The van der Waals surface area contributed by atoms with Gasteiger partial charge >= 0.3 is 5.97 Å². The van der Waals surface area contributed by atoms with Crippen LogP contribution in [0.25, 0.3) is 0 Å². The van der Waals surface area contributed by atoms with Crippen LogP contribution in [0, 0.1) is 11.8 Å². The summed E-state index contributed by atoms with van der Waals surface area (Å²) in [6.45, 7) is 4.94. The largest absolute Gasteiger partial charge is 0.466 e. The fraction of sp³-hybridized carbons (Fsp3) is 0.692. The average Bonchev–Trinajstić information content (AvgIpc) is 2.38. The monoisotopic (exact) mass is 255 g/mol. The Labute approximate surface area is 108 Å². The molecule has 1 aliphatic heterocycles. The van der Waals surface area contributed by atoms with Gasteiger partial charge in [0.2, 0.25) is 5.91 Å². The van der Waals surface area contributed by atoms with Crippen molar-refractivity contribution in [1.82, 2.24) is 5.32 Å². The maximum absolute atomic E-state index is 11.7. The first-order chi connectivity index (χ1) is 8.54. The lowest BCUT2D eigenvalue weighted by molar-refractivity contribution is -0.134. The molecule has 0 spiro atoms. The molecule has 0 atom stereocenters. The Morgan fingerprint density at radius 2 is 1.94 bits per heavy atom. The normalized spacial score (nSPS) is 17.7. The zero-order valence-corrected chi connectivity index (χ0v) is 11.2. The van der Waals surface area contributed by atoms with E-state index < -0.39 is 5.97 Å². The smallest absolute Gasteiger partial charge is 0.332 e. The molecule has 0 unspecified atom stereocenters. The van der Waals surface area contributed by atoms with E-state index in [1.165, 1.54) is 13.2 Å². The molecule has 1 fully saturated rings. The number of amides is 1. The summed E-state index contributed by atoms with van der Waals surface area (Å²) in [5, 5.41) is 2.82. The van der Waals surface area contributed by atoms with Crippen LogP contribution in [-0.4, -0.2) is 32.2 Å². The van der Waals surface area contributed by atoms with Crippen LogP contribution in [0.5, 0.6) is 0 Å². The van der Waals surface area contributed by atoms with Crippen molar-refractivity contribution in [2.45, 2.75) is 26.7 Å². The van der Waals surface area contributed by atoms with Crippen molar-refractivity contribution in [1.29, 1.82) is 0 Å². The Morgan fingerprint density at radius 1 is 1.33 bits per heavy atom. The molecule has 1 saturated heterocycles. The third-order valence-corrected chi connectivity index (χ3v) is 2.93. The van der Waals surface area contributed by atoms with Crippen LogP contribution >= 0.6 is 0 Å². The molecule has 0 radical (unpaired) electrons. The third kappa shape index (κ3) is 4.49. The second-order valence-electron chi connectivity index (χ2n) is 4.65. The third-order valence-electron chi connectivity index (χ3n) is 2.93. The Kier molecular flexibility index (Phi) is 5.85. The molecule has 5 heteroatoms. The molecule has 5 nitrogen and oxygen atoms in total. The lowest BCUT2D eigenvalue weighted by atomic mass is 9.95. The summed E-state index contributed by atoms with van der Waals surface area (Å²) < 4.78 is 9.89. The first kappa shape index (κ1) is 14.7. The van der Waals surface area contributed by atoms with Crippen molar-refractivity contribution in [3.63, 3.8) is 0 Å². The van der Waals surface area contributed by atoms with Crippen molar-refractivity contribution >= 4 is 11.9 Å². The highest BCUT2D eigenvalue weighted by Crippen LogP contribution is 2.22. The maximum atomic E-state index is 11.7. The van der Waals surface area contributed by atoms with Crippen LogP contribution in [0.4, 0.5) is 0 Å². The van der Waals surface area contributed by atoms with Crippen LogP contribution in [0.2, 0.25) is 0 Å². The number of hydrogen-bond donors (Lipinski definition) is 1. The Balaban J connectivity index is 2.77. The van der Waals surface area contributed by atoms with Gasteiger partial charge in [-0.05, 0) is 12.8 Å². The van der Waals surface area contributed by atoms with Crippen molar-refractivity contribution in [2.24, 2.45) is 11.8 Å². The number of rotatable bonds is 4. The van der Waals surface area contributed by atoms with Gasteiger partial charge in [0.05, 0.1) is 7.11 Å². The number of ether oxygens (including phenoxy) is 2. The number of methoxy groups -OCH3 is 1.